The van der Waals surface area contributed by atoms with Crippen molar-refractivity contribution in [3.8, 4) is 5.75 Å². The van der Waals surface area contributed by atoms with Crippen molar-refractivity contribution < 1.29 is 14.7 Å². The summed E-state index contributed by atoms with van der Waals surface area (Å²) in [5.41, 5.74) is -0.0976. The van der Waals surface area contributed by atoms with Crippen LogP contribution in [0.1, 0.15) is 62.3 Å². The predicted molar refractivity (Wildman–Crippen MR) is 80.2 cm³/mol. The van der Waals surface area contributed by atoms with E-state index in [0.29, 0.717) is 6.29 Å². The summed E-state index contributed by atoms with van der Waals surface area (Å²) in [4.78, 5) is 23.7. The molecule has 0 unspecified atom stereocenters. The largest absolute Gasteiger partial charge is 0.506 e. The van der Waals surface area contributed by atoms with E-state index in [1.165, 1.54) is 6.07 Å². The highest BCUT2D eigenvalue weighted by molar-refractivity contribution is 6.03. The van der Waals surface area contributed by atoms with E-state index in [2.05, 4.69) is 0 Å². The normalized spacial score (nSPS) is 12.6. The fourth-order valence-corrected chi connectivity index (χ4v) is 3.10. The van der Waals surface area contributed by atoms with Gasteiger partial charge in [0, 0.05) is 5.92 Å². The third kappa shape index (κ3) is 3.27. The van der Waals surface area contributed by atoms with Gasteiger partial charge in [-0.2, -0.15) is 0 Å². The number of phenolic OH excluding ortho intramolecular Hbond substituents is 1. The van der Waals surface area contributed by atoms with Gasteiger partial charge in [0.1, 0.15) is 5.75 Å². The summed E-state index contributed by atoms with van der Waals surface area (Å²) in [5.74, 6) is -0.597. The Morgan fingerprint density at radius 1 is 1.10 bits per heavy atom. The smallest absolute Gasteiger partial charge is 0.170 e. The number of aldehydes is 1. The average molecular weight is 276 g/mol. The molecule has 110 valence electrons. The number of benzene rings is 1. The Hall–Kier alpha value is -1.64. The van der Waals surface area contributed by atoms with Crippen molar-refractivity contribution in [3.05, 3.63) is 29.3 Å². The summed E-state index contributed by atoms with van der Waals surface area (Å²) >= 11 is 0. The summed E-state index contributed by atoms with van der Waals surface area (Å²) in [5, 5.41) is 10.1. The number of aromatic hydroxyl groups is 1. The summed E-state index contributed by atoms with van der Waals surface area (Å²) < 4.78 is 0. The fourth-order valence-electron chi connectivity index (χ4n) is 3.10. The number of carbonyl (C=O) groups is 2. The van der Waals surface area contributed by atoms with Crippen molar-refractivity contribution in [3.63, 3.8) is 0 Å². The zero-order chi connectivity index (χ0) is 15.7. The van der Waals surface area contributed by atoms with Crippen molar-refractivity contribution in [2.75, 3.05) is 0 Å². The van der Waals surface area contributed by atoms with Crippen LogP contribution in [0.15, 0.2) is 18.2 Å². The van der Waals surface area contributed by atoms with Gasteiger partial charge in [0.05, 0.1) is 11.1 Å². The summed E-state index contributed by atoms with van der Waals surface area (Å²) in [6.07, 6.45) is 0.565. The number of carbonyl (C=O) groups excluding carboxylic acids is 2. The van der Waals surface area contributed by atoms with Crippen LogP contribution < -0.4 is 0 Å². The topological polar surface area (TPSA) is 54.4 Å². The number of ketones is 1. The number of para-hydroxylation sites is 1. The van der Waals surface area contributed by atoms with Crippen molar-refractivity contribution in [1.29, 1.82) is 0 Å². The Morgan fingerprint density at radius 2 is 1.60 bits per heavy atom. The van der Waals surface area contributed by atoms with Crippen LogP contribution in [0, 0.1) is 16.7 Å². The van der Waals surface area contributed by atoms with E-state index >= 15 is 0 Å². The highest BCUT2D eigenvalue weighted by atomic mass is 16.3. The first-order chi connectivity index (χ1) is 9.00. The Kier molecular flexibility index (Phi) is 4.42. The van der Waals surface area contributed by atoms with Crippen molar-refractivity contribution in [2.24, 2.45) is 16.7 Å². The van der Waals surface area contributed by atoms with E-state index in [-0.39, 0.29) is 39.4 Å². The van der Waals surface area contributed by atoms with Crippen LogP contribution in [0.5, 0.6) is 5.75 Å². The minimum absolute atomic E-state index is 0.119. The molecule has 0 saturated heterocycles. The van der Waals surface area contributed by atoms with Gasteiger partial charge >= 0.3 is 0 Å². The summed E-state index contributed by atoms with van der Waals surface area (Å²) in [6.45, 7) is 12.1. The Labute approximate surface area is 121 Å². The number of hydrogen-bond acceptors (Lipinski definition) is 3. The van der Waals surface area contributed by atoms with Crippen LogP contribution in [0.2, 0.25) is 0 Å². The number of hydrogen-bond donors (Lipinski definition) is 1. The second-order valence-electron chi connectivity index (χ2n) is 7.39. The van der Waals surface area contributed by atoms with E-state index in [1.807, 2.05) is 41.5 Å². The molecule has 0 radical (unpaired) electrons. The molecule has 0 fully saturated rings. The van der Waals surface area contributed by atoms with Crippen molar-refractivity contribution >= 4 is 12.1 Å². The van der Waals surface area contributed by atoms with Gasteiger partial charge in [-0.05, 0) is 23.0 Å². The molecule has 0 atom stereocenters. The maximum absolute atomic E-state index is 12.9. The third-order valence-corrected chi connectivity index (χ3v) is 3.45. The first-order valence-electron chi connectivity index (χ1n) is 6.81. The van der Waals surface area contributed by atoms with Gasteiger partial charge in [0.15, 0.2) is 12.1 Å². The fraction of sp³-hybridized carbons (Fsp3) is 0.529. The molecular formula is C17H24O3. The Bertz CT molecular complexity index is 502. The van der Waals surface area contributed by atoms with E-state index in [4.69, 9.17) is 0 Å². The molecule has 20 heavy (non-hydrogen) atoms. The summed E-state index contributed by atoms with van der Waals surface area (Å²) in [6, 6.07) is 4.70. The first kappa shape index (κ1) is 16.4. The Balaban J connectivity index is 3.38. The lowest BCUT2D eigenvalue weighted by atomic mass is 9.63. The predicted octanol–water partition coefficient (Wildman–Crippen LogP) is 4.10. The maximum atomic E-state index is 12.9. The van der Waals surface area contributed by atoms with E-state index in [1.54, 1.807) is 12.1 Å². The molecule has 1 aromatic carbocycles. The molecule has 1 rings (SSSR count). The van der Waals surface area contributed by atoms with Gasteiger partial charge in [0.25, 0.3) is 0 Å². The minimum atomic E-state index is -0.261. The van der Waals surface area contributed by atoms with E-state index < -0.39 is 0 Å². The lowest BCUT2D eigenvalue weighted by Crippen LogP contribution is -2.39. The van der Waals surface area contributed by atoms with Gasteiger partial charge in [0.2, 0.25) is 0 Å². The maximum Gasteiger partial charge on any atom is 0.170 e. The molecular weight excluding hydrogens is 252 g/mol. The quantitative estimate of drug-likeness (QED) is 0.668. The average Bonchev–Trinajstić information content (AvgIpc) is 2.25. The second-order valence-corrected chi connectivity index (χ2v) is 7.39. The van der Waals surface area contributed by atoms with E-state index in [9.17, 15) is 14.7 Å². The molecule has 0 aliphatic heterocycles. The molecule has 0 aliphatic rings. The molecule has 0 aromatic heterocycles. The second kappa shape index (κ2) is 5.39. The molecule has 0 aliphatic carbocycles. The van der Waals surface area contributed by atoms with Crippen molar-refractivity contribution in [1.82, 2.24) is 0 Å². The van der Waals surface area contributed by atoms with Crippen LogP contribution in [0.25, 0.3) is 0 Å². The van der Waals surface area contributed by atoms with Crippen molar-refractivity contribution in [2.45, 2.75) is 41.5 Å². The van der Waals surface area contributed by atoms with Gasteiger partial charge in [-0.3, -0.25) is 9.59 Å². The highest BCUT2D eigenvalue weighted by Gasteiger charge is 2.41. The molecule has 3 heteroatoms. The van der Waals surface area contributed by atoms with Crippen LogP contribution in [-0.2, 0) is 0 Å². The lowest BCUT2D eigenvalue weighted by molar-refractivity contribution is 0.0582. The molecule has 0 amide bonds. The number of rotatable bonds is 3. The minimum Gasteiger partial charge on any atom is -0.506 e. The molecule has 0 spiro atoms. The highest BCUT2D eigenvalue weighted by Crippen LogP contribution is 2.43. The SMILES string of the molecule is CC(C)(C)C(C(=O)c1cccc(C=O)c1O)C(C)(C)C. The zero-order valence-corrected chi connectivity index (χ0v) is 13.2. The standard InChI is InChI=1S/C17H24O3/c1-16(2,3)15(17(4,5)6)14(20)12-9-7-8-11(10-18)13(12)19/h7-10,15,19H,1-6H3. The molecule has 0 saturated carbocycles. The third-order valence-electron chi connectivity index (χ3n) is 3.45. The van der Waals surface area contributed by atoms with Crippen LogP contribution in [-0.4, -0.2) is 17.2 Å². The first-order valence-corrected chi connectivity index (χ1v) is 6.81. The molecule has 1 N–H and O–H groups in total. The van der Waals surface area contributed by atoms with Gasteiger partial charge < -0.3 is 5.11 Å². The van der Waals surface area contributed by atoms with Gasteiger partial charge in [-0.1, -0.05) is 47.6 Å². The monoisotopic (exact) mass is 276 g/mol. The molecule has 0 heterocycles. The van der Waals surface area contributed by atoms with E-state index in [0.717, 1.165) is 0 Å². The lowest BCUT2D eigenvalue weighted by Gasteiger charge is -2.39. The number of phenols is 1. The van der Waals surface area contributed by atoms with Crippen LogP contribution >= 0.6 is 0 Å². The molecule has 1 aromatic rings. The molecule has 3 nitrogen and oxygen atoms in total. The summed E-state index contributed by atoms with van der Waals surface area (Å²) in [7, 11) is 0. The van der Waals surface area contributed by atoms with Crippen LogP contribution in [0.4, 0.5) is 0 Å². The zero-order valence-electron chi connectivity index (χ0n) is 13.2. The molecule has 0 bridgehead atoms. The van der Waals surface area contributed by atoms with Gasteiger partial charge in [-0.25, -0.2) is 0 Å². The number of Topliss-reactive ketones (excluding diaryl/α,β-unsaturated/α-hetero) is 1. The van der Waals surface area contributed by atoms with Gasteiger partial charge in [-0.15, -0.1) is 0 Å². The Morgan fingerprint density at radius 3 is 2.00 bits per heavy atom. The van der Waals surface area contributed by atoms with Crippen LogP contribution in [0.3, 0.4) is 0 Å².